The van der Waals surface area contributed by atoms with E-state index in [2.05, 4.69) is 0 Å². The fourth-order valence-electron chi connectivity index (χ4n) is 3.18. The average Bonchev–Trinajstić information content (AvgIpc) is 2.98. The van der Waals surface area contributed by atoms with Crippen molar-refractivity contribution in [3.05, 3.63) is 29.3 Å². The van der Waals surface area contributed by atoms with E-state index in [1.165, 1.54) is 12.1 Å². The monoisotopic (exact) mass is 323 g/mol. The largest absolute Gasteiger partial charge is 0.480 e. The zero-order valence-corrected chi connectivity index (χ0v) is 12.8. The number of aliphatic carboxylic acids is 1. The number of carbonyl (C=O) groups excluding carboxylic acids is 1. The quantitative estimate of drug-likeness (QED) is 0.909. The van der Waals surface area contributed by atoms with Crippen molar-refractivity contribution < 1.29 is 23.1 Å². The van der Waals surface area contributed by atoms with Crippen LogP contribution < -0.4 is 0 Å². The van der Waals surface area contributed by atoms with Crippen molar-refractivity contribution in [1.82, 2.24) is 4.31 Å². The molecule has 1 aromatic rings. The van der Waals surface area contributed by atoms with Crippen LogP contribution in [0.3, 0.4) is 0 Å². The molecule has 118 valence electrons. The first-order chi connectivity index (χ1) is 10.4. The molecule has 1 aliphatic carbocycles. The van der Waals surface area contributed by atoms with Gasteiger partial charge in [0.1, 0.15) is 6.04 Å². The summed E-state index contributed by atoms with van der Waals surface area (Å²) in [6.45, 7) is 0.199. The maximum Gasteiger partial charge on any atom is 0.322 e. The van der Waals surface area contributed by atoms with Gasteiger partial charge in [0.2, 0.25) is 10.0 Å². The maximum absolute atomic E-state index is 12.7. The van der Waals surface area contributed by atoms with Gasteiger partial charge in [-0.2, -0.15) is 4.31 Å². The van der Waals surface area contributed by atoms with E-state index in [1.807, 2.05) is 0 Å². The first kappa shape index (κ1) is 15.2. The number of aryl methyl sites for hydroxylation is 1. The minimum atomic E-state index is -3.89. The number of carboxylic acids is 1. The Morgan fingerprint density at radius 3 is 2.73 bits per heavy atom. The summed E-state index contributed by atoms with van der Waals surface area (Å²) in [7, 11) is -3.89. The number of carbonyl (C=O) groups is 2. The second-order valence-corrected chi connectivity index (χ2v) is 7.60. The second kappa shape index (κ2) is 5.48. The van der Waals surface area contributed by atoms with Crippen molar-refractivity contribution in [2.45, 2.75) is 43.0 Å². The van der Waals surface area contributed by atoms with Gasteiger partial charge in [-0.3, -0.25) is 9.59 Å². The Labute approximate surface area is 128 Å². The molecule has 1 aliphatic heterocycles. The molecule has 3 rings (SSSR count). The molecule has 0 radical (unpaired) electrons. The molecule has 0 bridgehead atoms. The number of fused-ring (bicyclic) bond motifs is 1. The standard InChI is InChI=1S/C15H17NO5S/c17-14-5-1-3-10-6-7-11(9-12(10)14)22(20,21)16-8-2-4-13(16)15(18)19/h6-7,9,13H,1-5,8H2,(H,18,19)/t13-/m1/s1. The Morgan fingerprint density at radius 1 is 1.23 bits per heavy atom. The zero-order valence-electron chi connectivity index (χ0n) is 12.0. The third kappa shape index (κ3) is 2.44. The number of hydrogen-bond acceptors (Lipinski definition) is 4. The highest BCUT2D eigenvalue weighted by Gasteiger charge is 2.39. The molecule has 0 aromatic heterocycles. The van der Waals surface area contributed by atoms with Gasteiger partial charge in [-0.25, -0.2) is 8.42 Å². The molecule has 1 aromatic carbocycles. The van der Waals surface area contributed by atoms with E-state index in [0.29, 0.717) is 24.8 Å². The third-order valence-corrected chi connectivity index (χ3v) is 6.23. The van der Waals surface area contributed by atoms with Crippen LogP contribution in [-0.4, -0.2) is 42.2 Å². The highest BCUT2D eigenvalue weighted by atomic mass is 32.2. The number of ketones is 1. The first-order valence-corrected chi connectivity index (χ1v) is 8.76. The Hall–Kier alpha value is -1.73. The van der Waals surface area contributed by atoms with Crippen LogP contribution in [0.15, 0.2) is 23.1 Å². The molecule has 1 atom stereocenters. The highest BCUT2D eigenvalue weighted by Crippen LogP contribution is 2.29. The number of rotatable bonds is 3. The van der Waals surface area contributed by atoms with Crippen LogP contribution >= 0.6 is 0 Å². The van der Waals surface area contributed by atoms with E-state index in [0.717, 1.165) is 22.7 Å². The van der Waals surface area contributed by atoms with Crippen molar-refractivity contribution in [2.24, 2.45) is 0 Å². The Bertz CT molecular complexity index is 740. The first-order valence-electron chi connectivity index (χ1n) is 7.32. The van der Waals surface area contributed by atoms with Crippen LogP contribution in [0.5, 0.6) is 0 Å². The summed E-state index contributed by atoms with van der Waals surface area (Å²) in [6, 6.07) is 3.54. The Balaban J connectivity index is 2.01. The number of benzene rings is 1. The lowest BCUT2D eigenvalue weighted by atomic mass is 9.91. The lowest BCUT2D eigenvalue weighted by molar-refractivity contribution is -0.140. The average molecular weight is 323 g/mol. The number of nitrogens with zero attached hydrogens (tertiary/aromatic N) is 1. The lowest BCUT2D eigenvalue weighted by Crippen LogP contribution is -2.40. The summed E-state index contributed by atoms with van der Waals surface area (Å²) in [5.41, 5.74) is 1.32. The molecule has 0 spiro atoms. The van der Waals surface area contributed by atoms with Gasteiger partial charge in [-0.05, 0) is 43.4 Å². The van der Waals surface area contributed by atoms with E-state index in [1.54, 1.807) is 6.07 Å². The van der Waals surface area contributed by atoms with Crippen LogP contribution in [0, 0.1) is 0 Å². The molecular weight excluding hydrogens is 306 g/mol. The minimum absolute atomic E-state index is 0.00894. The van der Waals surface area contributed by atoms with Gasteiger partial charge in [0.25, 0.3) is 0 Å². The van der Waals surface area contributed by atoms with Crippen molar-refractivity contribution in [3.63, 3.8) is 0 Å². The second-order valence-electron chi connectivity index (χ2n) is 5.71. The Kier molecular flexibility index (Phi) is 3.78. The molecule has 6 nitrogen and oxygen atoms in total. The van der Waals surface area contributed by atoms with E-state index in [4.69, 9.17) is 5.11 Å². The predicted molar refractivity (Wildman–Crippen MR) is 78.3 cm³/mol. The van der Waals surface area contributed by atoms with E-state index >= 15 is 0 Å². The van der Waals surface area contributed by atoms with Crippen LogP contribution in [0.4, 0.5) is 0 Å². The van der Waals surface area contributed by atoms with Gasteiger partial charge in [0, 0.05) is 18.5 Å². The molecule has 1 heterocycles. The molecule has 7 heteroatoms. The molecule has 0 unspecified atom stereocenters. The van der Waals surface area contributed by atoms with Gasteiger partial charge < -0.3 is 5.11 Å². The summed E-state index contributed by atoms with van der Waals surface area (Å²) in [6.07, 6.45) is 2.82. The van der Waals surface area contributed by atoms with E-state index in [-0.39, 0.29) is 17.2 Å². The van der Waals surface area contributed by atoms with Crippen LogP contribution in [0.25, 0.3) is 0 Å². The summed E-state index contributed by atoms with van der Waals surface area (Å²) in [4.78, 5) is 23.2. The normalized spacial score (nSPS) is 22.5. The lowest BCUT2D eigenvalue weighted by Gasteiger charge is -2.22. The van der Waals surface area contributed by atoms with Crippen LogP contribution in [0.1, 0.15) is 41.6 Å². The molecule has 0 amide bonds. The van der Waals surface area contributed by atoms with Crippen LogP contribution in [0.2, 0.25) is 0 Å². The van der Waals surface area contributed by atoms with Crippen LogP contribution in [-0.2, 0) is 21.2 Å². The van der Waals surface area contributed by atoms with E-state index in [9.17, 15) is 18.0 Å². The highest BCUT2D eigenvalue weighted by molar-refractivity contribution is 7.89. The van der Waals surface area contributed by atoms with E-state index < -0.39 is 22.0 Å². The van der Waals surface area contributed by atoms with Crippen molar-refractivity contribution >= 4 is 21.8 Å². The zero-order chi connectivity index (χ0) is 15.9. The molecular formula is C15H17NO5S. The summed E-state index contributed by atoms with van der Waals surface area (Å²) >= 11 is 0. The Morgan fingerprint density at radius 2 is 2.00 bits per heavy atom. The molecule has 22 heavy (non-hydrogen) atoms. The smallest absolute Gasteiger partial charge is 0.322 e. The summed E-state index contributed by atoms with van der Waals surface area (Å²) in [5, 5.41) is 9.17. The maximum atomic E-state index is 12.7. The van der Waals surface area contributed by atoms with Crippen molar-refractivity contribution in [2.75, 3.05) is 6.54 Å². The van der Waals surface area contributed by atoms with Gasteiger partial charge in [-0.1, -0.05) is 6.07 Å². The molecule has 0 saturated carbocycles. The SMILES string of the molecule is O=C1CCCc2ccc(S(=O)(=O)N3CCC[C@@H]3C(=O)O)cc21. The van der Waals surface area contributed by atoms with Gasteiger partial charge in [-0.15, -0.1) is 0 Å². The molecule has 1 N–H and O–H groups in total. The molecule has 1 saturated heterocycles. The summed E-state index contributed by atoms with van der Waals surface area (Å²) in [5.74, 6) is -1.18. The third-order valence-electron chi connectivity index (χ3n) is 4.33. The summed E-state index contributed by atoms with van der Waals surface area (Å²) < 4.78 is 26.4. The van der Waals surface area contributed by atoms with Gasteiger partial charge in [0.15, 0.2) is 5.78 Å². The molecule has 1 fully saturated rings. The van der Waals surface area contributed by atoms with Crippen molar-refractivity contribution in [1.29, 1.82) is 0 Å². The number of carboxylic acid groups (broad SMARTS) is 1. The van der Waals surface area contributed by atoms with Gasteiger partial charge >= 0.3 is 5.97 Å². The number of Topliss-reactive ketones (excluding diaryl/α,β-unsaturated/α-hetero) is 1. The number of hydrogen-bond donors (Lipinski definition) is 1. The van der Waals surface area contributed by atoms with Gasteiger partial charge in [0.05, 0.1) is 4.90 Å². The fourth-order valence-corrected chi connectivity index (χ4v) is 4.86. The topological polar surface area (TPSA) is 91.8 Å². The minimum Gasteiger partial charge on any atom is -0.480 e. The molecule has 2 aliphatic rings. The predicted octanol–water partition coefficient (Wildman–Crippen LogP) is 1.44. The fraction of sp³-hybridized carbons (Fsp3) is 0.467. The number of sulfonamides is 1. The van der Waals surface area contributed by atoms with Crippen molar-refractivity contribution in [3.8, 4) is 0 Å².